The predicted octanol–water partition coefficient (Wildman–Crippen LogP) is 2.15. The number of carbonyl (C=O) groups excluding carboxylic acids is 1. The van der Waals surface area contributed by atoms with E-state index >= 15 is 0 Å². The van der Waals surface area contributed by atoms with E-state index in [1.807, 2.05) is 0 Å². The van der Waals surface area contributed by atoms with Crippen LogP contribution < -0.4 is 5.32 Å². The van der Waals surface area contributed by atoms with E-state index in [0.29, 0.717) is 10.6 Å². The van der Waals surface area contributed by atoms with Gasteiger partial charge in [-0.1, -0.05) is 4.49 Å². The molecule has 0 aliphatic carbocycles. The van der Waals surface area contributed by atoms with E-state index in [2.05, 4.69) is 14.9 Å². The molecule has 9 heteroatoms. The third-order valence-electron chi connectivity index (χ3n) is 2.26. The van der Waals surface area contributed by atoms with Crippen LogP contribution in [-0.4, -0.2) is 20.4 Å². The van der Waals surface area contributed by atoms with E-state index in [1.54, 1.807) is 6.92 Å². The number of carbonyl (C=O) groups is 1. The van der Waals surface area contributed by atoms with E-state index in [9.17, 15) is 19.3 Å². The number of nitrogens with zero attached hydrogens (tertiary/aromatic N) is 3. The van der Waals surface area contributed by atoms with Crippen molar-refractivity contribution in [3.63, 3.8) is 0 Å². The number of nitro benzene ring substituents is 1. The quantitative estimate of drug-likeness (QED) is 0.687. The number of aryl methyl sites for hydroxylation is 1. The monoisotopic (exact) mass is 282 g/mol. The molecule has 1 aromatic carbocycles. The Kier molecular flexibility index (Phi) is 3.47. The normalized spacial score (nSPS) is 10.2. The first kappa shape index (κ1) is 13.0. The van der Waals surface area contributed by atoms with Crippen LogP contribution in [0.15, 0.2) is 18.2 Å². The number of hydrogen-bond acceptors (Lipinski definition) is 6. The molecule has 0 radical (unpaired) electrons. The van der Waals surface area contributed by atoms with Crippen LogP contribution in [0.1, 0.15) is 15.4 Å². The number of aromatic nitrogens is 2. The molecule has 98 valence electrons. The Morgan fingerprint density at radius 3 is 2.84 bits per heavy atom. The van der Waals surface area contributed by atoms with Crippen LogP contribution in [0, 0.1) is 22.9 Å². The van der Waals surface area contributed by atoms with Gasteiger partial charge in [0.1, 0.15) is 4.88 Å². The second-order valence-corrected chi connectivity index (χ2v) is 4.32. The number of amides is 1. The van der Waals surface area contributed by atoms with Gasteiger partial charge in [0.05, 0.1) is 10.6 Å². The number of anilines is 1. The molecule has 0 fully saturated rings. The topological polar surface area (TPSA) is 98.0 Å². The molecule has 1 heterocycles. The van der Waals surface area contributed by atoms with Gasteiger partial charge in [-0.05, 0) is 30.6 Å². The van der Waals surface area contributed by atoms with Gasteiger partial charge < -0.3 is 5.32 Å². The van der Waals surface area contributed by atoms with Crippen LogP contribution in [0.25, 0.3) is 0 Å². The van der Waals surface area contributed by atoms with Crippen LogP contribution >= 0.6 is 11.5 Å². The highest BCUT2D eigenvalue weighted by molar-refractivity contribution is 7.08. The predicted molar refractivity (Wildman–Crippen MR) is 65.7 cm³/mol. The first-order chi connectivity index (χ1) is 8.99. The van der Waals surface area contributed by atoms with Crippen molar-refractivity contribution in [3.05, 3.63) is 44.7 Å². The Morgan fingerprint density at radius 1 is 1.53 bits per heavy atom. The second kappa shape index (κ2) is 5.06. The first-order valence-electron chi connectivity index (χ1n) is 5.03. The fraction of sp³-hybridized carbons (Fsp3) is 0.100. The van der Waals surface area contributed by atoms with Crippen LogP contribution in [-0.2, 0) is 0 Å². The molecule has 0 spiro atoms. The van der Waals surface area contributed by atoms with Gasteiger partial charge in [-0.15, -0.1) is 5.10 Å². The first-order valence-corrected chi connectivity index (χ1v) is 5.80. The van der Waals surface area contributed by atoms with Gasteiger partial charge in [-0.25, -0.2) is 0 Å². The van der Waals surface area contributed by atoms with Gasteiger partial charge in [0, 0.05) is 11.8 Å². The average molecular weight is 282 g/mol. The molecular formula is C10H7FN4O3S. The van der Waals surface area contributed by atoms with Crippen molar-refractivity contribution in [1.29, 1.82) is 0 Å². The zero-order valence-electron chi connectivity index (χ0n) is 9.58. The molecular weight excluding hydrogens is 275 g/mol. The largest absolute Gasteiger partial charge is 0.321 e. The third-order valence-corrected chi connectivity index (χ3v) is 3.09. The molecule has 1 aromatic heterocycles. The molecule has 2 aromatic rings. The van der Waals surface area contributed by atoms with Crippen LogP contribution in [0.3, 0.4) is 0 Å². The fourth-order valence-electron chi connectivity index (χ4n) is 1.36. The van der Waals surface area contributed by atoms with E-state index in [0.717, 1.165) is 23.7 Å². The van der Waals surface area contributed by atoms with Crippen molar-refractivity contribution in [2.24, 2.45) is 0 Å². The summed E-state index contributed by atoms with van der Waals surface area (Å²) in [6, 6.07) is 3.12. The van der Waals surface area contributed by atoms with E-state index < -0.39 is 22.3 Å². The second-order valence-electron chi connectivity index (χ2n) is 3.56. The molecule has 0 bridgehead atoms. The van der Waals surface area contributed by atoms with Gasteiger partial charge >= 0.3 is 5.69 Å². The van der Waals surface area contributed by atoms with Crippen molar-refractivity contribution >= 4 is 28.8 Å². The maximum absolute atomic E-state index is 13.1. The standard InChI is InChI=1S/C10H7FN4O3S/c1-5-9(19-14-13-5)10(16)12-6-2-3-7(11)8(4-6)15(17)18/h2-4H,1H3,(H,12,16). The Balaban J connectivity index is 2.25. The lowest BCUT2D eigenvalue weighted by Gasteiger charge is -2.03. The summed E-state index contributed by atoms with van der Waals surface area (Å²) in [6.45, 7) is 1.62. The maximum Gasteiger partial charge on any atom is 0.306 e. The van der Waals surface area contributed by atoms with Crippen molar-refractivity contribution in [2.45, 2.75) is 6.92 Å². The lowest BCUT2D eigenvalue weighted by molar-refractivity contribution is -0.387. The summed E-state index contributed by atoms with van der Waals surface area (Å²) in [5.74, 6) is -1.45. The smallest absolute Gasteiger partial charge is 0.306 e. The lowest BCUT2D eigenvalue weighted by atomic mass is 10.2. The minimum Gasteiger partial charge on any atom is -0.321 e. The highest BCUT2D eigenvalue weighted by Crippen LogP contribution is 2.22. The summed E-state index contributed by atoms with van der Waals surface area (Å²) in [6.07, 6.45) is 0. The summed E-state index contributed by atoms with van der Waals surface area (Å²) >= 11 is 0.909. The minimum atomic E-state index is -0.960. The number of rotatable bonds is 3. The van der Waals surface area contributed by atoms with Crippen molar-refractivity contribution in [2.75, 3.05) is 5.32 Å². The number of nitrogens with one attached hydrogen (secondary N) is 1. The summed E-state index contributed by atoms with van der Waals surface area (Å²) in [7, 11) is 0. The Bertz CT molecular complexity index is 658. The van der Waals surface area contributed by atoms with Gasteiger partial charge in [-0.3, -0.25) is 14.9 Å². The fourth-order valence-corrected chi connectivity index (χ4v) is 1.91. The number of nitro groups is 1. The van der Waals surface area contributed by atoms with E-state index in [-0.39, 0.29) is 5.69 Å². The molecule has 1 N–H and O–H groups in total. The Labute approximate surface area is 110 Å². The van der Waals surface area contributed by atoms with Crippen molar-refractivity contribution in [3.8, 4) is 0 Å². The molecule has 19 heavy (non-hydrogen) atoms. The zero-order valence-corrected chi connectivity index (χ0v) is 10.4. The Morgan fingerprint density at radius 2 is 2.26 bits per heavy atom. The molecule has 7 nitrogen and oxygen atoms in total. The van der Waals surface area contributed by atoms with Gasteiger partial charge in [0.2, 0.25) is 5.82 Å². The lowest BCUT2D eigenvalue weighted by Crippen LogP contribution is -2.11. The summed E-state index contributed by atoms with van der Waals surface area (Å²) < 4.78 is 16.7. The number of halogens is 1. The highest BCUT2D eigenvalue weighted by Gasteiger charge is 2.17. The number of hydrogen-bond donors (Lipinski definition) is 1. The molecule has 1 amide bonds. The molecule has 0 saturated carbocycles. The SMILES string of the molecule is Cc1nnsc1C(=O)Nc1ccc(F)c([N+](=O)[O-])c1. The third kappa shape index (κ3) is 2.71. The number of benzene rings is 1. The van der Waals surface area contributed by atoms with Crippen LogP contribution in [0.2, 0.25) is 0 Å². The summed E-state index contributed by atoms with van der Waals surface area (Å²) in [5, 5.41) is 16.7. The Hall–Kier alpha value is -2.42. The van der Waals surface area contributed by atoms with Crippen molar-refractivity contribution < 1.29 is 14.1 Å². The van der Waals surface area contributed by atoms with Crippen molar-refractivity contribution in [1.82, 2.24) is 9.59 Å². The van der Waals surface area contributed by atoms with Gasteiger partial charge in [0.15, 0.2) is 0 Å². The summed E-state index contributed by atoms with van der Waals surface area (Å²) in [5.41, 5.74) is -0.109. The molecule has 2 rings (SSSR count). The molecule has 0 atom stereocenters. The van der Waals surface area contributed by atoms with Gasteiger partial charge in [-0.2, -0.15) is 4.39 Å². The molecule has 0 aliphatic heterocycles. The molecule has 0 saturated heterocycles. The zero-order chi connectivity index (χ0) is 14.0. The molecule has 0 unspecified atom stereocenters. The molecule has 0 aliphatic rings. The van der Waals surface area contributed by atoms with Crippen LogP contribution in [0.5, 0.6) is 0 Å². The van der Waals surface area contributed by atoms with Gasteiger partial charge in [0.25, 0.3) is 5.91 Å². The van der Waals surface area contributed by atoms with E-state index in [4.69, 9.17) is 0 Å². The average Bonchev–Trinajstić information content (AvgIpc) is 2.77. The minimum absolute atomic E-state index is 0.130. The highest BCUT2D eigenvalue weighted by atomic mass is 32.1. The maximum atomic E-state index is 13.1. The summed E-state index contributed by atoms with van der Waals surface area (Å²) in [4.78, 5) is 21.8. The van der Waals surface area contributed by atoms with E-state index in [1.165, 1.54) is 6.07 Å². The van der Waals surface area contributed by atoms with Crippen LogP contribution in [0.4, 0.5) is 15.8 Å².